The summed E-state index contributed by atoms with van der Waals surface area (Å²) in [6, 6.07) is 16.2. The topological polar surface area (TPSA) is 91.5 Å². The summed E-state index contributed by atoms with van der Waals surface area (Å²) in [7, 11) is 0. The van der Waals surface area contributed by atoms with Gasteiger partial charge in [0.2, 0.25) is 5.82 Å². The molecular formula is C21H20N2O5. The SMILES string of the molecule is CCOC(=O)C(C(=O)OCC)c1cccc(-c2noc(-c3ccccc3)n2)c1. The van der Waals surface area contributed by atoms with E-state index >= 15 is 0 Å². The van der Waals surface area contributed by atoms with E-state index in [-0.39, 0.29) is 13.2 Å². The lowest BCUT2D eigenvalue weighted by molar-refractivity contribution is -0.156. The van der Waals surface area contributed by atoms with E-state index in [1.54, 1.807) is 38.1 Å². The highest BCUT2D eigenvalue weighted by atomic mass is 16.6. The van der Waals surface area contributed by atoms with Gasteiger partial charge in [-0.2, -0.15) is 4.98 Å². The summed E-state index contributed by atoms with van der Waals surface area (Å²) in [6.45, 7) is 3.70. The molecule has 0 aliphatic carbocycles. The number of ether oxygens (including phenoxy) is 2. The zero-order valence-corrected chi connectivity index (χ0v) is 15.6. The zero-order valence-electron chi connectivity index (χ0n) is 15.6. The molecule has 1 heterocycles. The van der Waals surface area contributed by atoms with Gasteiger partial charge in [0.25, 0.3) is 5.89 Å². The van der Waals surface area contributed by atoms with Crippen molar-refractivity contribution in [3.63, 3.8) is 0 Å². The first-order valence-corrected chi connectivity index (χ1v) is 8.96. The Hall–Kier alpha value is -3.48. The molecule has 0 saturated heterocycles. The molecule has 7 nitrogen and oxygen atoms in total. The molecular weight excluding hydrogens is 360 g/mol. The van der Waals surface area contributed by atoms with Crippen molar-refractivity contribution in [3.8, 4) is 22.8 Å². The Morgan fingerprint density at radius 1 is 0.929 bits per heavy atom. The predicted octanol–water partition coefficient (Wildman–Crippen LogP) is 3.61. The van der Waals surface area contributed by atoms with E-state index in [1.807, 2.05) is 30.3 Å². The second kappa shape index (κ2) is 8.94. The molecule has 0 fully saturated rings. The molecule has 144 valence electrons. The van der Waals surface area contributed by atoms with Gasteiger partial charge in [0, 0.05) is 11.1 Å². The molecule has 0 aliphatic rings. The van der Waals surface area contributed by atoms with Gasteiger partial charge in [-0.15, -0.1) is 0 Å². The van der Waals surface area contributed by atoms with Crippen LogP contribution in [0.5, 0.6) is 0 Å². The van der Waals surface area contributed by atoms with Gasteiger partial charge in [-0.3, -0.25) is 9.59 Å². The molecule has 0 N–H and O–H groups in total. The van der Waals surface area contributed by atoms with Crippen LogP contribution in [0.15, 0.2) is 59.1 Å². The first kappa shape index (κ1) is 19.3. The van der Waals surface area contributed by atoms with Gasteiger partial charge in [-0.25, -0.2) is 0 Å². The van der Waals surface area contributed by atoms with Crippen LogP contribution in [0.3, 0.4) is 0 Å². The van der Waals surface area contributed by atoms with Crippen molar-refractivity contribution < 1.29 is 23.6 Å². The molecule has 0 saturated carbocycles. The summed E-state index contributed by atoms with van der Waals surface area (Å²) < 4.78 is 15.4. The van der Waals surface area contributed by atoms with Crippen molar-refractivity contribution >= 4 is 11.9 Å². The van der Waals surface area contributed by atoms with Gasteiger partial charge in [0.15, 0.2) is 5.92 Å². The average Bonchev–Trinajstić information content (AvgIpc) is 3.20. The standard InChI is InChI=1S/C21H20N2O5/c1-3-26-20(24)17(21(25)27-4-2)15-11-8-12-16(13-15)18-22-19(28-23-18)14-9-6-5-7-10-14/h5-13,17H,3-4H2,1-2H3. The summed E-state index contributed by atoms with van der Waals surface area (Å²) in [6.07, 6.45) is 0. The Labute approximate surface area is 162 Å². The normalized spacial score (nSPS) is 10.7. The minimum atomic E-state index is -1.17. The number of nitrogens with zero attached hydrogens (tertiary/aromatic N) is 2. The lowest BCUT2D eigenvalue weighted by Gasteiger charge is -2.15. The van der Waals surface area contributed by atoms with Crippen LogP contribution in [0, 0.1) is 0 Å². The molecule has 0 aliphatic heterocycles. The van der Waals surface area contributed by atoms with Gasteiger partial charge in [0.05, 0.1) is 13.2 Å². The van der Waals surface area contributed by atoms with Crippen LogP contribution >= 0.6 is 0 Å². The minimum Gasteiger partial charge on any atom is -0.465 e. The highest BCUT2D eigenvalue weighted by molar-refractivity contribution is 6.01. The number of esters is 2. The highest BCUT2D eigenvalue weighted by Crippen LogP contribution is 2.26. The molecule has 3 aromatic rings. The van der Waals surface area contributed by atoms with Crippen LogP contribution in [0.2, 0.25) is 0 Å². The van der Waals surface area contributed by atoms with E-state index in [0.717, 1.165) is 5.56 Å². The average molecular weight is 380 g/mol. The maximum atomic E-state index is 12.3. The van der Waals surface area contributed by atoms with E-state index in [1.165, 1.54) is 0 Å². The third-order valence-corrected chi connectivity index (χ3v) is 3.97. The third-order valence-electron chi connectivity index (χ3n) is 3.97. The monoisotopic (exact) mass is 380 g/mol. The van der Waals surface area contributed by atoms with Gasteiger partial charge in [-0.05, 0) is 37.6 Å². The fourth-order valence-electron chi connectivity index (χ4n) is 2.72. The number of carbonyl (C=O) groups is 2. The third kappa shape index (κ3) is 4.25. The highest BCUT2D eigenvalue weighted by Gasteiger charge is 2.31. The second-order valence-corrected chi connectivity index (χ2v) is 5.85. The van der Waals surface area contributed by atoms with Crippen LogP contribution < -0.4 is 0 Å². The number of rotatable bonds is 7. The van der Waals surface area contributed by atoms with Crippen molar-refractivity contribution in [1.29, 1.82) is 0 Å². The van der Waals surface area contributed by atoms with Crippen molar-refractivity contribution in [1.82, 2.24) is 10.1 Å². The number of benzene rings is 2. The Bertz CT molecular complexity index is 934. The van der Waals surface area contributed by atoms with Crippen molar-refractivity contribution in [2.45, 2.75) is 19.8 Å². The summed E-state index contributed by atoms with van der Waals surface area (Å²) in [5, 5.41) is 4.01. The molecule has 0 unspecified atom stereocenters. The van der Waals surface area contributed by atoms with Crippen LogP contribution in [0.25, 0.3) is 22.8 Å². The molecule has 0 spiro atoms. The van der Waals surface area contributed by atoms with Gasteiger partial charge >= 0.3 is 11.9 Å². The smallest absolute Gasteiger partial charge is 0.324 e. The van der Waals surface area contributed by atoms with E-state index in [4.69, 9.17) is 14.0 Å². The van der Waals surface area contributed by atoms with Crippen LogP contribution in [0.4, 0.5) is 0 Å². The molecule has 0 atom stereocenters. The molecule has 0 radical (unpaired) electrons. The van der Waals surface area contributed by atoms with Crippen LogP contribution in [-0.2, 0) is 19.1 Å². The fourth-order valence-corrected chi connectivity index (χ4v) is 2.72. The van der Waals surface area contributed by atoms with Crippen molar-refractivity contribution in [2.24, 2.45) is 0 Å². The van der Waals surface area contributed by atoms with Gasteiger partial charge in [-0.1, -0.05) is 41.6 Å². The minimum absolute atomic E-state index is 0.166. The Morgan fingerprint density at radius 3 is 2.21 bits per heavy atom. The molecule has 28 heavy (non-hydrogen) atoms. The number of carbonyl (C=O) groups excluding carboxylic acids is 2. The second-order valence-electron chi connectivity index (χ2n) is 5.85. The molecule has 7 heteroatoms. The number of hydrogen-bond acceptors (Lipinski definition) is 7. The largest absolute Gasteiger partial charge is 0.465 e. The van der Waals surface area contributed by atoms with E-state index in [2.05, 4.69) is 10.1 Å². The first-order valence-electron chi connectivity index (χ1n) is 8.96. The molecule has 1 aromatic heterocycles. The molecule has 0 bridgehead atoms. The number of hydrogen-bond donors (Lipinski definition) is 0. The van der Waals surface area contributed by atoms with E-state index < -0.39 is 17.9 Å². The van der Waals surface area contributed by atoms with E-state index in [9.17, 15) is 9.59 Å². The predicted molar refractivity (Wildman–Crippen MR) is 101 cm³/mol. The molecule has 0 amide bonds. The van der Waals surface area contributed by atoms with Crippen molar-refractivity contribution in [2.75, 3.05) is 13.2 Å². The summed E-state index contributed by atoms with van der Waals surface area (Å²) in [5.74, 6) is -1.74. The lowest BCUT2D eigenvalue weighted by Crippen LogP contribution is -2.26. The molecule has 2 aromatic carbocycles. The lowest BCUT2D eigenvalue weighted by atomic mass is 9.97. The fraction of sp³-hybridized carbons (Fsp3) is 0.238. The maximum Gasteiger partial charge on any atom is 0.324 e. The quantitative estimate of drug-likeness (QED) is 0.457. The summed E-state index contributed by atoms with van der Waals surface area (Å²) >= 11 is 0. The first-order chi connectivity index (χ1) is 13.6. The van der Waals surface area contributed by atoms with E-state index in [0.29, 0.717) is 22.8 Å². The Morgan fingerprint density at radius 2 is 1.57 bits per heavy atom. The van der Waals surface area contributed by atoms with Crippen LogP contribution in [0.1, 0.15) is 25.3 Å². The summed E-state index contributed by atoms with van der Waals surface area (Å²) in [4.78, 5) is 29.1. The van der Waals surface area contributed by atoms with Crippen molar-refractivity contribution in [3.05, 3.63) is 60.2 Å². The Kier molecular flexibility index (Phi) is 6.16. The molecule has 3 rings (SSSR count). The summed E-state index contributed by atoms with van der Waals surface area (Å²) in [5.41, 5.74) is 1.86. The number of aromatic nitrogens is 2. The van der Waals surface area contributed by atoms with Gasteiger partial charge in [0.1, 0.15) is 0 Å². The Balaban J connectivity index is 1.93. The zero-order chi connectivity index (χ0) is 19.9. The van der Waals surface area contributed by atoms with Crippen LogP contribution in [-0.4, -0.2) is 35.3 Å². The maximum absolute atomic E-state index is 12.3. The van der Waals surface area contributed by atoms with Gasteiger partial charge < -0.3 is 14.0 Å².